The lowest BCUT2D eigenvalue weighted by Crippen LogP contribution is -2.34. The van der Waals surface area contributed by atoms with Gasteiger partial charge in [0.25, 0.3) is 0 Å². The van der Waals surface area contributed by atoms with Gasteiger partial charge >= 0.3 is 0 Å². The summed E-state index contributed by atoms with van der Waals surface area (Å²) in [7, 11) is 0. The van der Waals surface area contributed by atoms with Crippen molar-refractivity contribution in [2.75, 3.05) is 13.1 Å². The Morgan fingerprint density at radius 3 is 2.90 bits per heavy atom. The van der Waals surface area contributed by atoms with E-state index in [0.29, 0.717) is 0 Å². The first-order valence-corrected chi connectivity index (χ1v) is 4.55. The van der Waals surface area contributed by atoms with E-state index >= 15 is 0 Å². The molecule has 0 spiro atoms. The summed E-state index contributed by atoms with van der Waals surface area (Å²) in [6.07, 6.45) is 4.19. The highest BCUT2D eigenvalue weighted by Gasteiger charge is 2.19. The van der Waals surface area contributed by atoms with Crippen molar-refractivity contribution >= 4 is 0 Å². The molecular weight excluding hydrogens is 122 g/mol. The van der Waals surface area contributed by atoms with Crippen LogP contribution in [0, 0.1) is 11.8 Å². The first-order valence-electron chi connectivity index (χ1n) is 4.55. The zero-order valence-corrected chi connectivity index (χ0v) is 7.19. The maximum absolute atomic E-state index is 3.42. The van der Waals surface area contributed by atoms with Crippen LogP contribution in [0.3, 0.4) is 0 Å². The fourth-order valence-electron chi connectivity index (χ4n) is 1.87. The lowest BCUT2D eigenvalue weighted by Gasteiger charge is -2.29. The highest BCUT2D eigenvalue weighted by Crippen LogP contribution is 2.22. The van der Waals surface area contributed by atoms with Gasteiger partial charge in [0.05, 0.1) is 0 Å². The van der Waals surface area contributed by atoms with Gasteiger partial charge in [-0.15, -0.1) is 0 Å². The monoisotopic (exact) mass is 141 g/mol. The van der Waals surface area contributed by atoms with Crippen molar-refractivity contribution in [2.45, 2.75) is 33.1 Å². The van der Waals surface area contributed by atoms with E-state index in [1.807, 2.05) is 0 Å². The average Bonchev–Trinajstić information content (AvgIpc) is 1.94. The second-order valence-electron chi connectivity index (χ2n) is 3.52. The summed E-state index contributed by atoms with van der Waals surface area (Å²) in [6, 6.07) is 0. The second kappa shape index (κ2) is 3.97. The molecule has 0 aliphatic carbocycles. The van der Waals surface area contributed by atoms with E-state index in [4.69, 9.17) is 0 Å². The predicted molar refractivity (Wildman–Crippen MR) is 45.0 cm³/mol. The summed E-state index contributed by atoms with van der Waals surface area (Å²) >= 11 is 0. The fraction of sp³-hybridized carbons (Fsp3) is 1.00. The van der Waals surface area contributed by atoms with Crippen LogP contribution in [0.5, 0.6) is 0 Å². The van der Waals surface area contributed by atoms with Crippen LogP contribution in [0.1, 0.15) is 33.1 Å². The molecule has 1 N–H and O–H groups in total. The zero-order chi connectivity index (χ0) is 7.40. The lowest BCUT2D eigenvalue weighted by atomic mass is 9.85. The molecule has 0 aromatic rings. The highest BCUT2D eigenvalue weighted by molar-refractivity contribution is 4.74. The minimum absolute atomic E-state index is 0.911. The van der Waals surface area contributed by atoms with Gasteiger partial charge in [-0.2, -0.15) is 0 Å². The van der Waals surface area contributed by atoms with Gasteiger partial charge in [-0.1, -0.05) is 26.7 Å². The van der Waals surface area contributed by atoms with Crippen LogP contribution in [0.2, 0.25) is 0 Å². The number of nitrogens with one attached hydrogen (secondary N) is 1. The molecule has 10 heavy (non-hydrogen) atoms. The summed E-state index contributed by atoms with van der Waals surface area (Å²) < 4.78 is 0. The molecule has 1 rings (SSSR count). The van der Waals surface area contributed by atoms with Crippen LogP contribution < -0.4 is 5.32 Å². The van der Waals surface area contributed by atoms with E-state index < -0.39 is 0 Å². The third-order valence-electron chi connectivity index (χ3n) is 2.62. The Morgan fingerprint density at radius 1 is 1.50 bits per heavy atom. The molecule has 0 saturated carbocycles. The molecule has 1 nitrogen and oxygen atoms in total. The third kappa shape index (κ3) is 1.98. The normalized spacial score (nSPS) is 34.2. The van der Waals surface area contributed by atoms with Crippen LogP contribution in [0.25, 0.3) is 0 Å². The summed E-state index contributed by atoms with van der Waals surface area (Å²) in [5.74, 6) is 1.92. The Labute approximate surface area is 64.2 Å². The van der Waals surface area contributed by atoms with E-state index in [1.54, 1.807) is 0 Å². The summed E-state index contributed by atoms with van der Waals surface area (Å²) in [6.45, 7) is 7.14. The van der Waals surface area contributed by atoms with Crippen LogP contribution in [-0.4, -0.2) is 13.1 Å². The van der Waals surface area contributed by atoms with Crippen molar-refractivity contribution in [3.05, 3.63) is 0 Å². The van der Waals surface area contributed by atoms with Gasteiger partial charge in [-0.25, -0.2) is 0 Å². The van der Waals surface area contributed by atoms with Gasteiger partial charge in [-0.05, 0) is 31.3 Å². The summed E-state index contributed by atoms with van der Waals surface area (Å²) in [5, 5.41) is 3.42. The summed E-state index contributed by atoms with van der Waals surface area (Å²) in [5.41, 5.74) is 0. The third-order valence-corrected chi connectivity index (χ3v) is 2.62. The van der Waals surface area contributed by atoms with Gasteiger partial charge < -0.3 is 5.32 Å². The minimum Gasteiger partial charge on any atom is -0.316 e. The molecule has 1 heterocycles. The van der Waals surface area contributed by atoms with Crippen LogP contribution >= 0.6 is 0 Å². The molecule has 1 heteroatoms. The molecular formula is C9H19N. The molecule has 2 atom stereocenters. The molecule has 60 valence electrons. The van der Waals surface area contributed by atoms with Crippen LogP contribution in [-0.2, 0) is 0 Å². The molecule has 1 aliphatic heterocycles. The van der Waals surface area contributed by atoms with Crippen molar-refractivity contribution in [1.29, 1.82) is 0 Å². The van der Waals surface area contributed by atoms with Crippen molar-refractivity contribution in [1.82, 2.24) is 5.32 Å². The Balaban J connectivity index is 2.25. The Hall–Kier alpha value is -0.0400. The van der Waals surface area contributed by atoms with Gasteiger partial charge in [0.2, 0.25) is 0 Å². The molecule has 1 aliphatic rings. The van der Waals surface area contributed by atoms with Gasteiger partial charge in [0.1, 0.15) is 0 Å². The SMILES string of the molecule is CCC[C@@H]1CCNC[C@H]1C. The van der Waals surface area contributed by atoms with Gasteiger partial charge in [-0.3, -0.25) is 0 Å². The molecule has 0 bridgehead atoms. The molecule has 0 radical (unpaired) electrons. The standard InChI is InChI=1S/C9H19N/c1-3-4-9-5-6-10-7-8(9)2/h8-10H,3-7H2,1-2H3/t8-,9-/m1/s1. The molecule has 0 unspecified atom stereocenters. The zero-order valence-electron chi connectivity index (χ0n) is 7.19. The number of hydrogen-bond donors (Lipinski definition) is 1. The minimum atomic E-state index is 0.911. The Morgan fingerprint density at radius 2 is 2.30 bits per heavy atom. The van der Waals surface area contributed by atoms with E-state index in [2.05, 4.69) is 19.2 Å². The molecule has 0 amide bonds. The van der Waals surface area contributed by atoms with Crippen molar-refractivity contribution in [3.8, 4) is 0 Å². The maximum atomic E-state index is 3.42. The number of hydrogen-bond acceptors (Lipinski definition) is 1. The topological polar surface area (TPSA) is 12.0 Å². The molecule has 1 saturated heterocycles. The van der Waals surface area contributed by atoms with E-state index in [1.165, 1.54) is 32.4 Å². The predicted octanol–water partition coefficient (Wildman–Crippen LogP) is 2.03. The smallest absolute Gasteiger partial charge is 0.00205 e. The number of piperidine rings is 1. The lowest BCUT2D eigenvalue weighted by molar-refractivity contribution is 0.257. The first-order chi connectivity index (χ1) is 4.84. The van der Waals surface area contributed by atoms with Crippen molar-refractivity contribution in [2.24, 2.45) is 11.8 Å². The molecule has 0 aromatic heterocycles. The highest BCUT2D eigenvalue weighted by atomic mass is 14.9. The quantitative estimate of drug-likeness (QED) is 0.620. The van der Waals surface area contributed by atoms with E-state index in [-0.39, 0.29) is 0 Å². The molecule has 0 aromatic carbocycles. The van der Waals surface area contributed by atoms with Crippen molar-refractivity contribution < 1.29 is 0 Å². The second-order valence-corrected chi connectivity index (χ2v) is 3.52. The van der Waals surface area contributed by atoms with Crippen molar-refractivity contribution in [3.63, 3.8) is 0 Å². The Kier molecular flexibility index (Phi) is 3.20. The van der Waals surface area contributed by atoms with Crippen LogP contribution in [0.4, 0.5) is 0 Å². The van der Waals surface area contributed by atoms with Gasteiger partial charge in [0, 0.05) is 0 Å². The van der Waals surface area contributed by atoms with E-state index in [9.17, 15) is 0 Å². The maximum Gasteiger partial charge on any atom is -0.00205 e. The largest absolute Gasteiger partial charge is 0.316 e. The Bertz CT molecular complexity index is 88.7. The average molecular weight is 141 g/mol. The van der Waals surface area contributed by atoms with Gasteiger partial charge in [0.15, 0.2) is 0 Å². The van der Waals surface area contributed by atoms with E-state index in [0.717, 1.165) is 11.8 Å². The number of rotatable bonds is 2. The fourth-order valence-corrected chi connectivity index (χ4v) is 1.87. The first kappa shape index (κ1) is 8.06. The van der Waals surface area contributed by atoms with Crippen LogP contribution in [0.15, 0.2) is 0 Å². The molecule has 1 fully saturated rings. The summed E-state index contributed by atoms with van der Waals surface area (Å²) in [4.78, 5) is 0.